The number of hydrogen-bond donors (Lipinski definition) is 1. The van der Waals surface area contributed by atoms with Crippen LogP contribution in [0.5, 0.6) is 5.75 Å². The molecule has 0 bridgehead atoms. The maximum atomic E-state index is 5.96. The summed E-state index contributed by atoms with van der Waals surface area (Å²) < 4.78 is 8.13. The minimum absolute atomic E-state index is 0.644. The van der Waals surface area contributed by atoms with Gasteiger partial charge in [-0.3, -0.25) is 0 Å². The van der Waals surface area contributed by atoms with Crippen LogP contribution in [-0.2, 0) is 13.0 Å². The number of nitrogens with one attached hydrogen (secondary N) is 1. The molecule has 4 rings (SSSR count). The van der Waals surface area contributed by atoms with Gasteiger partial charge in [-0.25, -0.2) is 0 Å². The second-order valence-electron chi connectivity index (χ2n) is 6.33. The maximum Gasteiger partial charge on any atom is 0.132 e. The van der Waals surface area contributed by atoms with Crippen LogP contribution >= 0.6 is 0 Å². The van der Waals surface area contributed by atoms with Gasteiger partial charge in [0.05, 0.1) is 0 Å². The molecule has 24 heavy (non-hydrogen) atoms. The number of aryl methyl sites for hydroxylation is 1. The molecule has 1 aromatic heterocycles. The third-order valence-corrected chi connectivity index (χ3v) is 4.65. The first kappa shape index (κ1) is 15.1. The van der Waals surface area contributed by atoms with Crippen molar-refractivity contribution < 1.29 is 4.74 Å². The molecule has 0 fully saturated rings. The highest BCUT2D eigenvalue weighted by Crippen LogP contribution is 2.24. The van der Waals surface area contributed by atoms with Crippen LogP contribution in [0.25, 0.3) is 10.8 Å². The summed E-state index contributed by atoms with van der Waals surface area (Å²) in [6.07, 6.45) is 4.04. The van der Waals surface area contributed by atoms with Crippen molar-refractivity contribution in [2.75, 3.05) is 19.7 Å². The van der Waals surface area contributed by atoms with E-state index in [4.69, 9.17) is 4.74 Å². The number of ether oxygens (including phenoxy) is 1. The van der Waals surface area contributed by atoms with E-state index in [2.05, 4.69) is 50.4 Å². The van der Waals surface area contributed by atoms with E-state index < -0.39 is 0 Å². The van der Waals surface area contributed by atoms with Gasteiger partial charge in [-0.15, -0.1) is 10.2 Å². The Kier molecular flexibility index (Phi) is 4.42. The van der Waals surface area contributed by atoms with E-state index in [-0.39, 0.29) is 0 Å². The average molecular weight is 322 g/mol. The number of aromatic nitrogens is 3. The lowest BCUT2D eigenvalue weighted by Gasteiger charge is -2.23. The van der Waals surface area contributed by atoms with E-state index in [0.717, 1.165) is 37.6 Å². The topological polar surface area (TPSA) is 52.0 Å². The molecule has 1 N–H and O–H groups in total. The van der Waals surface area contributed by atoms with Gasteiger partial charge in [0.15, 0.2) is 0 Å². The molecule has 0 amide bonds. The Hall–Kier alpha value is -2.40. The highest BCUT2D eigenvalue weighted by Gasteiger charge is 2.18. The van der Waals surface area contributed by atoms with Crippen LogP contribution in [-0.4, -0.2) is 34.5 Å². The Labute approximate surface area is 141 Å². The van der Waals surface area contributed by atoms with Gasteiger partial charge in [-0.1, -0.05) is 36.4 Å². The maximum absolute atomic E-state index is 5.96. The Morgan fingerprint density at radius 2 is 2.08 bits per heavy atom. The third-order valence-electron chi connectivity index (χ3n) is 4.65. The summed E-state index contributed by atoms with van der Waals surface area (Å²) in [5, 5.41) is 14.0. The lowest BCUT2D eigenvalue weighted by molar-refractivity contribution is 0.298. The van der Waals surface area contributed by atoms with Crippen molar-refractivity contribution >= 4 is 10.8 Å². The van der Waals surface area contributed by atoms with Crippen molar-refractivity contribution in [3.05, 3.63) is 54.6 Å². The molecular weight excluding hydrogens is 300 g/mol. The molecule has 5 nitrogen and oxygen atoms in total. The lowest BCUT2D eigenvalue weighted by Crippen LogP contribution is -2.32. The van der Waals surface area contributed by atoms with Crippen molar-refractivity contribution in [2.24, 2.45) is 5.92 Å². The van der Waals surface area contributed by atoms with E-state index in [1.54, 1.807) is 0 Å². The number of nitrogens with zero attached hydrogens (tertiary/aromatic N) is 3. The van der Waals surface area contributed by atoms with Gasteiger partial charge in [-0.2, -0.15) is 0 Å². The summed E-state index contributed by atoms with van der Waals surface area (Å²) in [6, 6.07) is 14.5. The van der Waals surface area contributed by atoms with Gasteiger partial charge >= 0.3 is 0 Å². The van der Waals surface area contributed by atoms with E-state index in [0.29, 0.717) is 12.5 Å². The molecule has 1 aliphatic rings. The number of fused-ring (bicyclic) bond motifs is 2. The summed E-state index contributed by atoms with van der Waals surface area (Å²) in [6.45, 7) is 3.56. The zero-order chi connectivity index (χ0) is 16.2. The first-order chi connectivity index (χ1) is 11.9. The predicted octanol–water partition coefficient (Wildman–Crippen LogP) is 2.66. The average Bonchev–Trinajstić information content (AvgIpc) is 3.09. The Morgan fingerprint density at radius 3 is 3.08 bits per heavy atom. The predicted molar refractivity (Wildman–Crippen MR) is 94.1 cm³/mol. The molecule has 0 saturated heterocycles. The molecule has 2 heterocycles. The second-order valence-corrected chi connectivity index (χ2v) is 6.33. The van der Waals surface area contributed by atoms with E-state index in [1.165, 1.54) is 17.2 Å². The van der Waals surface area contributed by atoms with Gasteiger partial charge in [0.1, 0.15) is 24.5 Å². The van der Waals surface area contributed by atoms with E-state index in [1.807, 2.05) is 18.5 Å². The SMILES string of the molecule is c1ccc2c(OCCNC[C@H]3CCc4nncn4C3)cccc2c1. The molecule has 1 atom stereocenters. The van der Waals surface area contributed by atoms with Gasteiger partial charge in [0, 0.05) is 24.9 Å². The summed E-state index contributed by atoms with van der Waals surface area (Å²) in [7, 11) is 0. The minimum atomic E-state index is 0.644. The van der Waals surface area contributed by atoms with E-state index in [9.17, 15) is 0 Å². The number of hydrogen-bond acceptors (Lipinski definition) is 4. The van der Waals surface area contributed by atoms with Crippen LogP contribution in [0.15, 0.2) is 48.8 Å². The second kappa shape index (κ2) is 7.01. The van der Waals surface area contributed by atoms with Crippen LogP contribution in [0.2, 0.25) is 0 Å². The highest BCUT2D eigenvalue weighted by atomic mass is 16.5. The van der Waals surface area contributed by atoms with Crippen molar-refractivity contribution in [2.45, 2.75) is 19.4 Å². The van der Waals surface area contributed by atoms with Gasteiger partial charge in [0.25, 0.3) is 0 Å². The van der Waals surface area contributed by atoms with Crippen LogP contribution in [0.1, 0.15) is 12.2 Å². The van der Waals surface area contributed by atoms with Crippen LogP contribution in [0.4, 0.5) is 0 Å². The quantitative estimate of drug-likeness (QED) is 0.709. The summed E-state index contributed by atoms with van der Waals surface area (Å²) >= 11 is 0. The van der Waals surface area contributed by atoms with E-state index >= 15 is 0 Å². The zero-order valence-corrected chi connectivity index (χ0v) is 13.7. The van der Waals surface area contributed by atoms with Crippen molar-refractivity contribution in [1.82, 2.24) is 20.1 Å². The van der Waals surface area contributed by atoms with Crippen molar-refractivity contribution in [3.8, 4) is 5.75 Å². The summed E-state index contributed by atoms with van der Waals surface area (Å²) in [5.41, 5.74) is 0. The normalized spacial score (nSPS) is 16.9. The molecule has 3 aromatic rings. The van der Waals surface area contributed by atoms with Gasteiger partial charge in [0.2, 0.25) is 0 Å². The molecule has 0 saturated carbocycles. The number of rotatable bonds is 6. The van der Waals surface area contributed by atoms with Crippen LogP contribution in [0, 0.1) is 5.92 Å². The lowest BCUT2D eigenvalue weighted by atomic mass is 9.99. The summed E-state index contributed by atoms with van der Waals surface area (Å²) in [4.78, 5) is 0. The molecule has 0 unspecified atom stereocenters. The monoisotopic (exact) mass is 322 g/mol. The smallest absolute Gasteiger partial charge is 0.132 e. The van der Waals surface area contributed by atoms with Crippen molar-refractivity contribution in [3.63, 3.8) is 0 Å². The highest BCUT2D eigenvalue weighted by molar-refractivity contribution is 5.88. The molecule has 0 aliphatic carbocycles. The molecular formula is C19H22N4O. The zero-order valence-electron chi connectivity index (χ0n) is 13.7. The Bertz CT molecular complexity index is 808. The van der Waals surface area contributed by atoms with Crippen LogP contribution < -0.4 is 10.1 Å². The fourth-order valence-electron chi connectivity index (χ4n) is 3.36. The minimum Gasteiger partial charge on any atom is -0.492 e. The van der Waals surface area contributed by atoms with Crippen molar-refractivity contribution in [1.29, 1.82) is 0 Å². The first-order valence-corrected chi connectivity index (χ1v) is 8.58. The largest absolute Gasteiger partial charge is 0.492 e. The molecule has 124 valence electrons. The molecule has 1 aliphatic heterocycles. The fourth-order valence-corrected chi connectivity index (χ4v) is 3.36. The van der Waals surface area contributed by atoms with Crippen LogP contribution in [0.3, 0.4) is 0 Å². The molecule has 0 radical (unpaired) electrons. The third kappa shape index (κ3) is 3.26. The van der Waals surface area contributed by atoms with Gasteiger partial charge < -0.3 is 14.6 Å². The standard InChI is InChI=1S/C19H22N4O/c1-2-6-17-16(4-1)5-3-7-18(17)24-11-10-20-12-15-8-9-19-22-21-14-23(19)13-15/h1-7,14-15,20H,8-13H2/t15-/m1/s1. The Morgan fingerprint density at radius 1 is 1.17 bits per heavy atom. The van der Waals surface area contributed by atoms with Gasteiger partial charge in [-0.05, 0) is 30.3 Å². The summed E-state index contributed by atoms with van der Waals surface area (Å²) in [5.74, 6) is 2.72. The first-order valence-electron chi connectivity index (χ1n) is 8.58. The molecule has 5 heteroatoms. The molecule has 0 spiro atoms. The number of benzene rings is 2. The molecule has 2 aromatic carbocycles. The fraction of sp³-hybridized carbons (Fsp3) is 0.368. The Balaban J connectivity index is 1.24.